The lowest BCUT2D eigenvalue weighted by Gasteiger charge is -2.26. The molecule has 1 aliphatic rings. The van der Waals surface area contributed by atoms with Gasteiger partial charge in [-0.3, -0.25) is 48.7 Å². The van der Waals surface area contributed by atoms with Gasteiger partial charge in [-0.25, -0.2) is 0 Å². The summed E-state index contributed by atoms with van der Waals surface area (Å²) in [5.41, 5.74) is 17.9. The van der Waals surface area contributed by atoms with E-state index in [4.69, 9.17) is 21.4 Å². The van der Waals surface area contributed by atoms with E-state index in [0.29, 0.717) is 50.7 Å². The van der Waals surface area contributed by atoms with E-state index in [1.807, 2.05) is 0 Å². The zero-order valence-corrected chi connectivity index (χ0v) is 36.7. The number of anilines is 2. The van der Waals surface area contributed by atoms with Gasteiger partial charge in [-0.1, -0.05) is 24.3 Å². The number of isothiocyanates is 1. The van der Waals surface area contributed by atoms with Crippen LogP contribution in [0.5, 0.6) is 11.5 Å². The summed E-state index contributed by atoms with van der Waals surface area (Å²) in [4.78, 5) is 70.0. The molecular weight excluding hydrogens is 869 g/mol. The van der Waals surface area contributed by atoms with E-state index in [2.05, 4.69) is 27.7 Å². The fourth-order valence-electron chi connectivity index (χ4n) is 7.79. The molecule has 0 unspecified atom stereocenters. The molecule has 8 bridgehead atoms. The van der Waals surface area contributed by atoms with Crippen molar-refractivity contribution in [3.8, 4) is 11.5 Å². The number of phenols is 2. The van der Waals surface area contributed by atoms with Crippen LogP contribution >= 0.6 is 12.2 Å². The van der Waals surface area contributed by atoms with Crippen molar-refractivity contribution in [3.63, 3.8) is 0 Å². The van der Waals surface area contributed by atoms with Crippen molar-refractivity contribution in [1.82, 2.24) is 34.9 Å². The van der Waals surface area contributed by atoms with Gasteiger partial charge in [0.1, 0.15) is 11.5 Å². The number of nitrogens with one attached hydrogen (secondary N) is 1. The predicted molar refractivity (Wildman–Crippen MR) is 246 cm³/mol. The number of nitrogen functional groups attached to an aromatic ring is 2. The molecule has 0 atom stereocenters. The molecule has 3 aromatic carbocycles. The molecule has 0 fully saturated rings. The van der Waals surface area contributed by atoms with E-state index in [0.717, 1.165) is 5.56 Å². The molecule has 0 saturated carbocycles. The second kappa shape index (κ2) is 22.5. The molecule has 1 aliphatic heterocycles. The smallest absolute Gasteiger partial charge is 0.317 e. The van der Waals surface area contributed by atoms with Crippen LogP contribution in [0.2, 0.25) is 0 Å². The minimum absolute atomic E-state index is 0.00499. The number of aromatic nitrogens is 2. The van der Waals surface area contributed by atoms with E-state index < -0.39 is 37.5 Å². The standard InChI is InChI=1S/C46H50N10O9S/c47-34-11-30-16-53(24-41(57)49-15-29-7-9-36(10-8-29)50-28-66)20-37-3-1-4-38(51-37)21-55(26-43(60)61)18-32-13-35(48)14-33(46(32)65)19-56(27-44(62)63)23-40-6-2-5-39(52-40)22-54(25-42(58)59)17-31(12-34)45(30)64/h1-14,64-65H,15-27,47-48H2,(H,49,57)(H,58,59)(H,60,61)(H,62,63). The lowest BCUT2D eigenvalue weighted by atomic mass is 10.0. The van der Waals surface area contributed by atoms with Gasteiger partial charge in [-0.2, -0.15) is 4.99 Å². The molecule has 5 aromatic rings. The lowest BCUT2D eigenvalue weighted by molar-refractivity contribution is -0.139. The quantitative estimate of drug-likeness (QED) is 0.0406. The maximum atomic E-state index is 13.6. The Morgan fingerprint density at radius 2 is 0.924 bits per heavy atom. The number of fused-ring (bicyclic) bond motifs is 8. The summed E-state index contributed by atoms with van der Waals surface area (Å²) >= 11 is 4.68. The number of phenolic OH excluding ortho intramolecular Hbond substituents is 2. The molecule has 0 spiro atoms. The van der Waals surface area contributed by atoms with Crippen molar-refractivity contribution >= 4 is 58.3 Å². The van der Waals surface area contributed by atoms with Crippen LogP contribution in [0.4, 0.5) is 17.1 Å². The number of aliphatic imine (C=N–C) groups is 1. The summed E-state index contributed by atoms with van der Waals surface area (Å²) < 4.78 is 0. The summed E-state index contributed by atoms with van der Waals surface area (Å²) in [5, 5.41) is 58.4. The molecule has 0 radical (unpaired) electrons. The van der Waals surface area contributed by atoms with Gasteiger partial charge >= 0.3 is 17.9 Å². The molecule has 0 aliphatic carbocycles. The van der Waals surface area contributed by atoms with Gasteiger partial charge in [-0.15, -0.1) is 0 Å². The summed E-state index contributed by atoms with van der Waals surface area (Å²) in [5.74, 6) is -4.07. The highest BCUT2D eigenvalue weighted by Gasteiger charge is 2.23. The number of carboxylic acids is 3. The van der Waals surface area contributed by atoms with Crippen molar-refractivity contribution < 1.29 is 44.7 Å². The zero-order chi connectivity index (χ0) is 47.3. The first-order valence-electron chi connectivity index (χ1n) is 20.7. The number of carbonyl (C=O) groups is 4. The van der Waals surface area contributed by atoms with Crippen LogP contribution in [0.1, 0.15) is 50.6 Å². The van der Waals surface area contributed by atoms with Crippen LogP contribution < -0.4 is 16.8 Å². The molecule has 19 nitrogen and oxygen atoms in total. The van der Waals surface area contributed by atoms with Crippen LogP contribution in [0.25, 0.3) is 0 Å². The fourth-order valence-corrected chi connectivity index (χ4v) is 7.90. The number of hydrogen-bond donors (Lipinski definition) is 8. The second-order valence-electron chi connectivity index (χ2n) is 16.0. The molecule has 10 N–H and O–H groups in total. The SMILES string of the molecule is Nc1cc2c(O)c(c1)CN(CC(=O)O)Cc1cccc(n1)CN(CC(=O)NCc1ccc(N=C=S)cc1)Cc1cc(N)cc(c1O)CN(CC(=O)O)Cc1cccc(n1)CN(CC(=O)O)C2. The topological polar surface area (TPSA) is 285 Å². The Bertz CT molecular complexity index is 2610. The minimum Gasteiger partial charge on any atom is -0.507 e. The van der Waals surface area contributed by atoms with Gasteiger partial charge in [0.25, 0.3) is 0 Å². The first-order valence-corrected chi connectivity index (χ1v) is 21.1. The van der Waals surface area contributed by atoms with Crippen molar-refractivity contribution in [2.45, 2.75) is 58.9 Å². The average molecular weight is 919 g/mol. The number of benzene rings is 3. The van der Waals surface area contributed by atoms with E-state index in [9.17, 15) is 44.7 Å². The highest BCUT2D eigenvalue weighted by molar-refractivity contribution is 7.78. The maximum absolute atomic E-state index is 13.6. The number of hydrogen-bond acceptors (Lipinski definition) is 16. The van der Waals surface area contributed by atoms with Crippen LogP contribution in [-0.2, 0) is 78.1 Å². The van der Waals surface area contributed by atoms with Crippen LogP contribution in [-0.4, -0.2) is 110 Å². The number of carbonyl (C=O) groups excluding carboxylic acids is 1. The molecule has 2 aromatic heterocycles. The van der Waals surface area contributed by atoms with E-state index in [1.165, 1.54) is 12.1 Å². The van der Waals surface area contributed by atoms with Gasteiger partial charge < -0.3 is 42.3 Å². The number of pyridine rings is 2. The molecule has 344 valence electrons. The van der Waals surface area contributed by atoms with E-state index >= 15 is 0 Å². The van der Waals surface area contributed by atoms with Crippen molar-refractivity contribution in [2.75, 3.05) is 37.6 Å². The van der Waals surface area contributed by atoms with E-state index in [1.54, 1.807) is 92.4 Å². The number of thiocarbonyl (C=S) groups is 1. The summed E-state index contributed by atoms with van der Waals surface area (Å²) in [6, 6.07) is 23.6. The van der Waals surface area contributed by atoms with Crippen molar-refractivity contribution in [3.05, 3.63) is 136 Å². The number of nitrogens with two attached hydrogens (primary N) is 2. The van der Waals surface area contributed by atoms with Crippen LogP contribution in [0, 0.1) is 0 Å². The van der Waals surface area contributed by atoms with Crippen molar-refractivity contribution in [1.29, 1.82) is 0 Å². The highest BCUT2D eigenvalue weighted by atomic mass is 32.1. The number of nitrogens with zero attached hydrogens (tertiary/aromatic N) is 7. The fraction of sp³-hybridized carbons (Fsp3) is 0.283. The minimum atomic E-state index is -1.14. The first kappa shape index (κ1) is 48.1. The molecule has 3 heterocycles. The number of aromatic hydroxyl groups is 2. The Hall–Kier alpha value is -7.32. The number of aliphatic carboxylic acids is 3. The molecule has 0 saturated heterocycles. The second-order valence-corrected chi connectivity index (χ2v) is 16.2. The Kier molecular flexibility index (Phi) is 16.4. The lowest BCUT2D eigenvalue weighted by Crippen LogP contribution is -2.36. The molecular formula is C46H50N10O9S. The molecule has 6 rings (SSSR count). The van der Waals surface area contributed by atoms with Crippen molar-refractivity contribution in [2.24, 2.45) is 4.99 Å². The van der Waals surface area contributed by atoms with Gasteiger partial charge in [0, 0.05) is 92.5 Å². The first-order chi connectivity index (χ1) is 31.6. The highest BCUT2D eigenvalue weighted by Crippen LogP contribution is 2.31. The Morgan fingerprint density at radius 1 is 0.576 bits per heavy atom. The third-order valence-electron chi connectivity index (χ3n) is 10.5. The normalized spacial score (nSPS) is 14.6. The number of amides is 1. The maximum Gasteiger partial charge on any atom is 0.317 e. The third kappa shape index (κ3) is 14.3. The molecule has 66 heavy (non-hydrogen) atoms. The van der Waals surface area contributed by atoms with Crippen LogP contribution in [0.15, 0.2) is 89.9 Å². The molecule has 20 heteroatoms. The third-order valence-corrected chi connectivity index (χ3v) is 10.6. The largest absolute Gasteiger partial charge is 0.507 e. The van der Waals surface area contributed by atoms with Gasteiger partial charge in [-0.05, 0) is 78.4 Å². The predicted octanol–water partition coefficient (Wildman–Crippen LogP) is 3.68. The Labute approximate surface area is 385 Å². The van der Waals surface area contributed by atoms with Gasteiger partial charge in [0.15, 0.2) is 0 Å². The summed E-state index contributed by atoms with van der Waals surface area (Å²) in [6.07, 6.45) is 0. The summed E-state index contributed by atoms with van der Waals surface area (Å²) in [6.45, 7) is -1.29. The Morgan fingerprint density at radius 3 is 1.26 bits per heavy atom. The summed E-state index contributed by atoms with van der Waals surface area (Å²) in [7, 11) is 0. The Balaban J connectivity index is 1.39. The average Bonchev–Trinajstić information content (AvgIpc) is 3.23. The van der Waals surface area contributed by atoms with Gasteiger partial charge in [0.2, 0.25) is 5.91 Å². The van der Waals surface area contributed by atoms with E-state index in [-0.39, 0.29) is 94.2 Å². The molecule has 1 amide bonds. The number of rotatable bonds is 11. The monoisotopic (exact) mass is 918 g/mol. The van der Waals surface area contributed by atoms with Gasteiger partial charge in [0.05, 0.1) is 59.8 Å². The van der Waals surface area contributed by atoms with Crippen LogP contribution in [0.3, 0.4) is 0 Å². The zero-order valence-electron chi connectivity index (χ0n) is 35.8. The number of carboxylic acid groups (broad SMARTS) is 3.